The van der Waals surface area contributed by atoms with E-state index in [1.54, 1.807) is 0 Å². The fourth-order valence-electron chi connectivity index (χ4n) is 3.55. The van der Waals surface area contributed by atoms with Gasteiger partial charge in [0.1, 0.15) is 0 Å². The number of carbonyl (C=O) groups is 4. The van der Waals surface area contributed by atoms with Crippen molar-refractivity contribution in [3.05, 3.63) is 51.8 Å². The summed E-state index contributed by atoms with van der Waals surface area (Å²) in [5, 5.41) is 1.83. The lowest BCUT2D eigenvalue weighted by Gasteiger charge is -2.30. The van der Waals surface area contributed by atoms with Gasteiger partial charge in [0.25, 0.3) is 30.0 Å². The Bertz CT molecular complexity index is 1290. The quantitative estimate of drug-likeness (QED) is 0.431. The van der Waals surface area contributed by atoms with Gasteiger partial charge in [-0.3, -0.25) is 19.4 Å². The zero-order valence-electron chi connectivity index (χ0n) is 18.9. The molecular weight excluding hydrogens is 460 g/mol. The van der Waals surface area contributed by atoms with Crippen LogP contribution in [-0.4, -0.2) is 88.2 Å². The average Bonchev–Trinajstić information content (AvgIpc) is 3.43. The Hall–Kier alpha value is -3.93. The second kappa shape index (κ2) is 9.51. The molecule has 1 saturated heterocycles. The largest absolute Gasteiger partial charge is 0.453 e. The minimum absolute atomic E-state index is 0.239. The molecule has 0 N–H and O–H groups in total. The molecular formula is C22H23N6O5S+. The van der Waals surface area contributed by atoms with Gasteiger partial charge in [-0.2, -0.15) is 4.99 Å². The third-order valence-corrected chi connectivity index (χ3v) is 6.21. The molecule has 2 aliphatic rings. The monoisotopic (exact) mass is 483 g/mol. The average molecular weight is 484 g/mol. The number of hydrogen-bond donors (Lipinski definition) is 0. The van der Waals surface area contributed by atoms with Crippen LogP contribution in [-0.2, 0) is 25.7 Å². The minimum Gasteiger partial charge on any atom is -0.453 e. The third kappa shape index (κ3) is 4.71. The van der Waals surface area contributed by atoms with Crippen molar-refractivity contribution in [2.75, 3.05) is 27.2 Å². The number of aromatic nitrogens is 1. The number of nitrogens with zero attached hydrogens (tertiary/aromatic N) is 6. The topological polar surface area (TPSA) is 117 Å². The van der Waals surface area contributed by atoms with Crippen molar-refractivity contribution in [2.24, 2.45) is 9.98 Å². The number of likely N-dealkylation sites (N-methyl/N-ethyl adjacent to an activating group) is 2. The van der Waals surface area contributed by atoms with Crippen molar-refractivity contribution < 1.29 is 28.5 Å². The molecule has 0 aliphatic carbocycles. The van der Waals surface area contributed by atoms with Crippen LogP contribution >= 0.6 is 11.3 Å². The molecule has 4 amide bonds. The number of imide groups is 1. The van der Waals surface area contributed by atoms with Crippen LogP contribution in [0.15, 0.2) is 45.8 Å². The first-order valence-corrected chi connectivity index (χ1v) is 11.3. The molecule has 1 aromatic heterocycles. The molecule has 0 spiro atoms. The smallest absolute Gasteiger partial charge is 0.348 e. The van der Waals surface area contributed by atoms with Gasteiger partial charge in [-0.05, 0) is 17.5 Å². The number of benzene rings is 1. The molecule has 0 saturated carbocycles. The first-order valence-electron chi connectivity index (χ1n) is 10.4. The van der Waals surface area contributed by atoms with Crippen molar-refractivity contribution in [3.8, 4) is 0 Å². The molecule has 1 atom stereocenters. The summed E-state index contributed by atoms with van der Waals surface area (Å²) in [6.45, 7) is 1.74. The summed E-state index contributed by atoms with van der Waals surface area (Å²) in [4.78, 5) is 60.0. The van der Waals surface area contributed by atoms with E-state index in [2.05, 4.69) is 9.98 Å². The Morgan fingerprint density at radius 1 is 1.18 bits per heavy atom. The van der Waals surface area contributed by atoms with Crippen LogP contribution in [0.2, 0.25) is 0 Å². The Morgan fingerprint density at radius 2 is 1.91 bits per heavy atom. The maximum atomic E-state index is 12.5. The van der Waals surface area contributed by atoms with Crippen LogP contribution < -0.4 is 4.80 Å². The summed E-state index contributed by atoms with van der Waals surface area (Å²) < 4.78 is 8.28. The number of esters is 1. The number of amidine groups is 1. The number of carbonyl (C=O) groups excluding carboxylic acids is 4. The molecule has 1 fully saturated rings. The zero-order chi connectivity index (χ0) is 24.4. The molecule has 1 unspecified atom stereocenters. The molecule has 1 aromatic carbocycles. The molecule has 176 valence electrons. The highest BCUT2D eigenvalue weighted by atomic mass is 32.1. The summed E-state index contributed by atoms with van der Waals surface area (Å²) in [5.41, 5.74) is 2.23. The Balaban J connectivity index is 1.34. The highest BCUT2D eigenvalue weighted by molar-refractivity contribution is 7.07. The maximum absolute atomic E-state index is 12.5. The fourth-order valence-corrected chi connectivity index (χ4v) is 4.29. The number of hydrogen-bond acceptors (Lipinski definition) is 7. The van der Waals surface area contributed by atoms with Crippen molar-refractivity contribution in [3.63, 3.8) is 0 Å². The Labute approximate surface area is 198 Å². The van der Waals surface area contributed by atoms with E-state index >= 15 is 0 Å². The molecule has 2 aliphatic heterocycles. The molecule has 34 heavy (non-hydrogen) atoms. The summed E-state index contributed by atoms with van der Waals surface area (Å²) in [5.74, 6) is -1.58. The van der Waals surface area contributed by atoms with Crippen LogP contribution in [0.5, 0.6) is 0 Å². The van der Waals surface area contributed by atoms with Gasteiger partial charge in [0.2, 0.25) is 0 Å². The van der Waals surface area contributed by atoms with Gasteiger partial charge in [0.05, 0.1) is 0 Å². The van der Waals surface area contributed by atoms with Gasteiger partial charge in [0.15, 0.2) is 18.0 Å². The van der Waals surface area contributed by atoms with E-state index in [0.29, 0.717) is 11.3 Å². The number of thiazole rings is 1. The van der Waals surface area contributed by atoms with Gasteiger partial charge in [0, 0.05) is 32.2 Å². The second-order valence-electron chi connectivity index (χ2n) is 7.88. The van der Waals surface area contributed by atoms with Gasteiger partial charge in [-0.15, -0.1) is 11.3 Å². The molecule has 0 radical (unpaired) electrons. The van der Waals surface area contributed by atoms with Crippen molar-refractivity contribution in [1.82, 2.24) is 14.4 Å². The van der Waals surface area contributed by atoms with E-state index in [1.807, 2.05) is 47.3 Å². The first-order chi connectivity index (χ1) is 16.2. The van der Waals surface area contributed by atoms with E-state index in [9.17, 15) is 19.2 Å². The lowest BCUT2D eigenvalue weighted by Crippen LogP contribution is -2.61. The molecule has 11 nitrogen and oxygen atoms in total. The highest BCUT2D eigenvalue weighted by Crippen LogP contribution is 2.16. The van der Waals surface area contributed by atoms with Crippen molar-refractivity contribution in [1.29, 1.82) is 0 Å². The predicted octanol–water partition coefficient (Wildman–Crippen LogP) is 0.222. The third-order valence-electron chi connectivity index (χ3n) is 5.42. The number of urea groups is 1. The number of amides is 4. The first kappa shape index (κ1) is 23.2. The highest BCUT2D eigenvalue weighted by Gasteiger charge is 2.50. The standard InChI is InChI=1S/C22H23N6O5S/c1-14-4-6-15(7-5-14)10-27-8-9-34-21(27)24-16(29)12-33-17(30)11-28-13-23-19-18(28)20(31)26(3)22(32)25(19)2/h4-9,13,18H,10-12H2,1-3H3/q+1. The van der Waals surface area contributed by atoms with Gasteiger partial charge >= 0.3 is 12.0 Å². The van der Waals surface area contributed by atoms with Crippen LogP contribution in [0.4, 0.5) is 4.79 Å². The van der Waals surface area contributed by atoms with Gasteiger partial charge < -0.3 is 9.30 Å². The maximum Gasteiger partial charge on any atom is 0.348 e. The summed E-state index contributed by atoms with van der Waals surface area (Å²) in [6, 6.07) is 6.67. The van der Waals surface area contributed by atoms with E-state index in [0.717, 1.165) is 16.0 Å². The summed E-state index contributed by atoms with van der Waals surface area (Å²) >= 11 is 1.31. The van der Waals surface area contributed by atoms with Crippen molar-refractivity contribution in [2.45, 2.75) is 19.5 Å². The molecule has 2 aromatic rings. The van der Waals surface area contributed by atoms with Crippen LogP contribution in [0.3, 0.4) is 0 Å². The minimum atomic E-state index is -0.896. The molecule has 4 rings (SSSR count). The molecule has 12 heteroatoms. The number of rotatable bonds is 6. The van der Waals surface area contributed by atoms with E-state index in [4.69, 9.17) is 4.74 Å². The summed E-state index contributed by atoms with van der Waals surface area (Å²) in [6.07, 6.45) is 3.15. The number of fused-ring (bicyclic) bond motifs is 1. The van der Waals surface area contributed by atoms with E-state index < -0.39 is 36.5 Å². The number of ether oxygens (including phenoxy) is 1. The van der Waals surface area contributed by atoms with E-state index in [1.165, 1.54) is 41.2 Å². The van der Waals surface area contributed by atoms with Gasteiger partial charge in [-0.1, -0.05) is 29.8 Å². The van der Waals surface area contributed by atoms with Gasteiger partial charge in [-0.25, -0.2) is 14.2 Å². The van der Waals surface area contributed by atoms with Crippen LogP contribution in [0.1, 0.15) is 11.1 Å². The number of aliphatic imine (C=N–C) groups is 1. The van der Waals surface area contributed by atoms with Crippen molar-refractivity contribution >= 4 is 47.3 Å². The summed E-state index contributed by atoms with van der Waals surface area (Å²) in [7, 11) is 2.87. The Morgan fingerprint density at radius 3 is 2.65 bits per heavy atom. The second-order valence-corrected chi connectivity index (χ2v) is 8.75. The number of aryl methyl sites for hydroxylation is 1. The zero-order valence-corrected chi connectivity index (χ0v) is 19.7. The lowest BCUT2D eigenvalue weighted by molar-refractivity contribution is -0.521. The normalized spacial score (nSPS) is 18.1. The SMILES string of the molecule is Cc1ccc(Cn2ccsc2=NC(=O)COC(=O)C[N+]2=CN=C3C2C(=O)N(C)C(=O)N3C)cc1. The lowest BCUT2D eigenvalue weighted by atomic mass is 10.1. The fraction of sp³-hybridized carbons (Fsp3) is 0.318. The molecule has 0 bridgehead atoms. The molecule has 3 heterocycles. The van der Waals surface area contributed by atoms with E-state index in [-0.39, 0.29) is 12.4 Å². The van der Waals surface area contributed by atoms with Crippen LogP contribution in [0, 0.1) is 6.92 Å². The van der Waals surface area contributed by atoms with Crippen LogP contribution in [0.25, 0.3) is 0 Å². The Kier molecular flexibility index (Phi) is 6.50. The predicted molar refractivity (Wildman–Crippen MR) is 122 cm³/mol.